The quantitative estimate of drug-likeness (QED) is 0.435. The van der Waals surface area contributed by atoms with Crippen molar-refractivity contribution in [2.45, 2.75) is 12.5 Å². The number of hydrogen-bond donors (Lipinski definition) is 1. The molecule has 0 saturated carbocycles. The summed E-state index contributed by atoms with van der Waals surface area (Å²) in [6, 6.07) is 15.9. The first-order valence-corrected chi connectivity index (χ1v) is 8.74. The van der Waals surface area contributed by atoms with Crippen LogP contribution in [0.2, 0.25) is 5.02 Å². The van der Waals surface area contributed by atoms with Crippen molar-refractivity contribution in [1.82, 2.24) is 5.01 Å². The van der Waals surface area contributed by atoms with Crippen LogP contribution in [-0.2, 0) is 17.1 Å². The van der Waals surface area contributed by atoms with Gasteiger partial charge in [-0.3, -0.25) is 0 Å². The van der Waals surface area contributed by atoms with Crippen LogP contribution < -0.4 is 5.73 Å². The fourth-order valence-corrected chi connectivity index (χ4v) is 3.02. The molecular formula is C20H18ClFeN3S. The number of halogens is 1. The first kappa shape index (κ1) is 20.7. The zero-order valence-corrected chi connectivity index (χ0v) is 16.6. The van der Waals surface area contributed by atoms with Crippen LogP contribution in [-0.4, -0.2) is 15.8 Å². The SMILES string of the molecule is NC(=S)N1N=C(c2ccc(Cl)cc2)CC1c1ccc[cH-]1.[CH]1[CH][CH-]C=C1.[Fe+2]. The third kappa shape index (κ3) is 5.18. The largest absolute Gasteiger partial charge is 2.00 e. The Kier molecular flexibility index (Phi) is 7.85. The van der Waals surface area contributed by atoms with Crippen LogP contribution in [0.1, 0.15) is 23.6 Å². The predicted molar refractivity (Wildman–Crippen MR) is 108 cm³/mol. The maximum atomic E-state index is 5.92. The monoisotopic (exact) mass is 423 g/mol. The van der Waals surface area contributed by atoms with Crippen LogP contribution >= 0.6 is 23.8 Å². The molecule has 0 saturated heterocycles. The second-order valence-corrected chi connectivity index (χ2v) is 6.49. The minimum absolute atomic E-state index is 0. The molecule has 0 spiro atoms. The average Bonchev–Trinajstić information content (AvgIpc) is 3.36. The standard InChI is InChI=1S/C15H13ClN3S.C5H5.Fe/c16-12-7-5-10(6-8-12)13-9-14(11-3-1-2-4-11)19(18-13)15(17)20;1-2-4-5-3-1;/h1-8,14H,9H2,(H2,17,20);1-5H;/q2*-1;+2. The van der Waals surface area contributed by atoms with Crippen molar-refractivity contribution in [2.75, 3.05) is 0 Å². The van der Waals surface area contributed by atoms with E-state index in [1.807, 2.05) is 67.8 Å². The summed E-state index contributed by atoms with van der Waals surface area (Å²) in [5.41, 5.74) is 8.98. The molecule has 1 aliphatic heterocycles. The molecule has 2 aromatic carbocycles. The number of hydrogen-bond acceptors (Lipinski definition) is 2. The number of nitrogens with two attached hydrogens (primary N) is 1. The predicted octanol–water partition coefficient (Wildman–Crippen LogP) is 4.62. The topological polar surface area (TPSA) is 41.6 Å². The Bertz CT molecular complexity index is 763. The molecule has 26 heavy (non-hydrogen) atoms. The smallest absolute Gasteiger partial charge is 0.375 e. The van der Waals surface area contributed by atoms with Crippen molar-refractivity contribution >= 4 is 34.6 Å². The van der Waals surface area contributed by atoms with Gasteiger partial charge in [0.15, 0.2) is 5.11 Å². The normalized spacial score (nSPS) is 17.7. The van der Waals surface area contributed by atoms with Crippen molar-refractivity contribution in [3.05, 3.63) is 96.1 Å². The zero-order chi connectivity index (χ0) is 17.6. The van der Waals surface area contributed by atoms with Gasteiger partial charge in [-0.1, -0.05) is 23.7 Å². The van der Waals surface area contributed by atoms with Crippen molar-refractivity contribution in [3.63, 3.8) is 0 Å². The summed E-state index contributed by atoms with van der Waals surface area (Å²) in [7, 11) is 0. The van der Waals surface area contributed by atoms with E-state index in [0.29, 0.717) is 10.1 Å². The Morgan fingerprint density at radius 2 is 2.04 bits per heavy atom. The minimum atomic E-state index is 0. The third-order valence-corrected chi connectivity index (χ3v) is 4.38. The molecular weight excluding hydrogens is 406 g/mol. The maximum absolute atomic E-state index is 5.92. The number of hydrazone groups is 1. The third-order valence-electron chi connectivity index (χ3n) is 3.94. The second-order valence-electron chi connectivity index (χ2n) is 5.64. The summed E-state index contributed by atoms with van der Waals surface area (Å²) in [4.78, 5) is 0. The Labute approximate surface area is 175 Å². The molecule has 2 N–H and O–H groups in total. The van der Waals surface area contributed by atoms with Crippen LogP contribution in [0.15, 0.2) is 65.8 Å². The van der Waals surface area contributed by atoms with Gasteiger partial charge >= 0.3 is 17.1 Å². The molecule has 6 heteroatoms. The second kappa shape index (κ2) is 9.88. The van der Waals surface area contributed by atoms with Gasteiger partial charge in [0.05, 0.1) is 11.8 Å². The van der Waals surface area contributed by atoms with Gasteiger partial charge < -0.3 is 5.73 Å². The van der Waals surface area contributed by atoms with E-state index in [1.54, 1.807) is 5.01 Å². The molecule has 0 amide bonds. The Balaban J connectivity index is 0.000000351. The summed E-state index contributed by atoms with van der Waals surface area (Å²) in [6.45, 7) is 0. The number of rotatable bonds is 2. The van der Waals surface area contributed by atoms with Crippen molar-refractivity contribution < 1.29 is 17.1 Å². The molecule has 0 aromatic heterocycles. The van der Waals surface area contributed by atoms with E-state index >= 15 is 0 Å². The van der Waals surface area contributed by atoms with E-state index in [-0.39, 0.29) is 23.1 Å². The van der Waals surface area contributed by atoms with Crippen molar-refractivity contribution in [2.24, 2.45) is 10.8 Å². The zero-order valence-electron chi connectivity index (χ0n) is 13.9. The van der Waals surface area contributed by atoms with Gasteiger partial charge in [-0.15, -0.1) is 18.4 Å². The van der Waals surface area contributed by atoms with Crippen LogP contribution in [0.25, 0.3) is 0 Å². The molecule has 1 heterocycles. The van der Waals surface area contributed by atoms with Crippen LogP contribution in [0.5, 0.6) is 0 Å². The molecule has 1 unspecified atom stereocenters. The summed E-state index contributed by atoms with van der Waals surface area (Å²) in [5, 5.41) is 7.29. The van der Waals surface area contributed by atoms with E-state index < -0.39 is 0 Å². The molecule has 2 radical (unpaired) electrons. The summed E-state index contributed by atoms with van der Waals surface area (Å²) in [6.07, 6.45) is 10.8. The van der Waals surface area contributed by atoms with Gasteiger partial charge in [-0.25, -0.2) is 35.7 Å². The van der Waals surface area contributed by atoms with Gasteiger partial charge in [0.1, 0.15) is 0 Å². The van der Waals surface area contributed by atoms with E-state index in [9.17, 15) is 0 Å². The molecule has 0 fully saturated rings. The Hall–Kier alpha value is -1.65. The van der Waals surface area contributed by atoms with Gasteiger partial charge in [0.2, 0.25) is 0 Å². The molecule has 0 bridgehead atoms. The molecule has 2 aliphatic rings. The molecule has 1 atom stereocenters. The van der Waals surface area contributed by atoms with E-state index in [4.69, 9.17) is 29.6 Å². The molecule has 3 nitrogen and oxygen atoms in total. The Morgan fingerprint density at radius 1 is 1.27 bits per heavy atom. The summed E-state index contributed by atoms with van der Waals surface area (Å²) < 4.78 is 0. The first-order chi connectivity index (χ1) is 12.1. The number of nitrogens with zero attached hydrogens (tertiary/aromatic N) is 2. The van der Waals surface area contributed by atoms with Crippen LogP contribution in [0.4, 0.5) is 0 Å². The van der Waals surface area contributed by atoms with Crippen LogP contribution in [0, 0.1) is 19.3 Å². The van der Waals surface area contributed by atoms with Gasteiger partial charge in [-0.05, 0) is 29.9 Å². The first-order valence-electron chi connectivity index (χ1n) is 7.95. The molecule has 2 aromatic rings. The number of thiocarbonyl (C=S) groups is 1. The van der Waals surface area contributed by atoms with E-state index in [1.165, 1.54) is 5.56 Å². The fourth-order valence-electron chi connectivity index (χ4n) is 2.72. The molecule has 134 valence electrons. The van der Waals surface area contributed by atoms with Gasteiger partial charge in [0.25, 0.3) is 0 Å². The molecule has 1 aliphatic carbocycles. The fraction of sp³-hybridized carbons (Fsp3) is 0.100. The van der Waals surface area contributed by atoms with Gasteiger partial charge in [-0.2, -0.15) is 17.2 Å². The van der Waals surface area contributed by atoms with Gasteiger partial charge in [0, 0.05) is 11.4 Å². The van der Waals surface area contributed by atoms with E-state index in [0.717, 1.165) is 17.7 Å². The van der Waals surface area contributed by atoms with Crippen LogP contribution in [0.3, 0.4) is 0 Å². The Morgan fingerprint density at radius 3 is 2.54 bits per heavy atom. The number of benzene rings is 1. The van der Waals surface area contributed by atoms with Crippen molar-refractivity contribution in [3.8, 4) is 0 Å². The molecule has 4 rings (SSSR count). The summed E-state index contributed by atoms with van der Waals surface area (Å²) >= 11 is 11.0. The van der Waals surface area contributed by atoms with Crippen molar-refractivity contribution in [1.29, 1.82) is 0 Å². The minimum Gasteiger partial charge on any atom is -0.375 e. The number of allylic oxidation sites excluding steroid dienone is 2. The summed E-state index contributed by atoms with van der Waals surface area (Å²) in [5.74, 6) is 0. The maximum Gasteiger partial charge on any atom is 2.00 e. The average molecular weight is 424 g/mol. The van der Waals surface area contributed by atoms with E-state index in [2.05, 4.69) is 17.2 Å².